The topological polar surface area (TPSA) is 72.5 Å². The van der Waals surface area contributed by atoms with E-state index >= 15 is 0 Å². The van der Waals surface area contributed by atoms with Crippen LogP contribution >= 0.6 is 0 Å². The van der Waals surface area contributed by atoms with Crippen LogP contribution in [-0.4, -0.2) is 23.7 Å². The molecule has 0 aliphatic rings. The average Bonchev–Trinajstić information content (AvgIpc) is 2.55. The summed E-state index contributed by atoms with van der Waals surface area (Å²) in [6.45, 7) is 0.785. The third-order valence-electron chi connectivity index (χ3n) is 2.99. The number of carbonyl (C=O) groups excluding carboxylic acids is 1. The number of rotatable bonds is 7. The van der Waals surface area contributed by atoms with E-state index in [1.807, 2.05) is 13.8 Å². The predicted molar refractivity (Wildman–Crippen MR) is 88.9 cm³/mol. The number of carbonyl (C=O) groups is 1. The molecule has 0 saturated heterocycles. The van der Waals surface area contributed by atoms with Crippen LogP contribution in [0.5, 0.6) is 11.6 Å². The first-order chi connectivity index (χ1) is 12.0. The third-order valence-corrected chi connectivity index (χ3v) is 2.99. The van der Waals surface area contributed by atoms with Gasteiger partial charge in [-0.15, -0.1) is 0 Å². The van der Waals surface area contributed by atoms with Crippen LogP contribution in [-0.2, 0) is 6.54 Å². The molecule has 25 heavy (non-hydrogen) atoms. The first kappa shape index (κ1) is 18.4. The van der Waals surface area contributed by atoms with Crippen LogP contribution < -0.4 is 20.1 Å². The summed E-state index contributed by atoms with van der Waals surface area (Å²) in [5.74, 6) is 0.317. The van der Waals surface area contributed by atoms with Crippen molar-refractivity contribution in [2.75, 3.05) is 5.32 Å². The summed E-state index contributed by atoms with van der Waals surface area (Å²) in [4.78, 5) is 16.1. The minimum absolute atomic E-state index is 0.0167. The van der Waals surface area contributed by atoms with Crippen molar-refractivity contribution >= 4 is 11.7 Å². The van der Waals surface area contributed by atoms with Gasteiger partial charge in [-0.1, -0.05) is 18.2 Å². The highest BCUT2D eigenvalue weighted by Crippen LogP contribution is 2.22. The van der Waals surface area contributed by atoms with Gasteiger partial charge in [-0.05, 0) is 32.0 Å². The predicted octanol–water partition coefficient (Wildman–Crippen LogP) is 3.79. The van der Waals surface area contributed by atoms with E-state index < -0.39 is 12.6 Å². The fourth-order valence-electron chi connectivity index (χ4n) is 2.01. The highest BCUT2D eigenvalue weighted by Gasteiger charge is 2.12. The van der Waals surface area contributed by atoms with Gasteiger partial charge in [-0.25, -0.2) is 9.78 Å². The van der Waals surface area contributed by atoms with Crippen LogP contribution in [0.2, 0.25) is 0 Å². The lowest BCUT2D eigenvalue weighted by Gasteiger charge is -2.14. The van der Waals surface area contributed by atoms with Crippen molar-refractivity contribution in [1.82, 2.24) is 10.3 Å². The van der Waals surface area contributed by atoms with Crippen molar-refractivity contribution in [2.24, 2.45) is 0 Å². The highest BCUT2D eigenvalue weighted by atomic mass is 19.3. The van der Waals surface area contributed by atoms with E-state index in [9.17, 15) is 13.6 Å². The maximum absolute atomic E-state index is 12.4. The average molecular weight is 351 g/mol. The Morgan fingerprint density at radius 1 is 1.16 bits per heavy atom. The Labute approximate surface area is 144 Å². The smallest absolute Gasteiger partial charge is 0.387 e. The lowest BCUT2D eigenvalue weighted by molar-refractivity contribution is -0.0504. The second kappa shape index (κ2) is 8.81. The van der Waals surface area contributed by atoms with E-state index in [4.69, 9.17) is 4.74 Å². The van der Waals surface area contributed by atoms with Crippen LogP contribution in [0.15, 0.2) is 42.6 Å². The second-order valence-electron chi connectivity index (χ2n) is 5.32. The van der Waals surface area contributed by atoms with Gasteiger partial charge in [0, 0.05) is 18.3 Å². The molecule has 2 amide bonds. The molecule has 2 N–H and O–H groups in total. The number of benzene rings is 1. The monoisotopic (exact) mass is 351 g/mol. The summed E-state index contributed by atoms with van der Waals surface area (Å²) in [5.41, 5.74) is 0.841. The summed E-state index contributed by atoms with van der Waals surface area (Å²) in [6.07, 6.45) is 1.45. The molecule has 2 rings (SSSR count). The summed E-state index contributed by atoms with van der Waals surface area (Å²) >= 11 is 0. The first-order valence-electron chi connectivity index (χ1n) is 7.65. The molecular formula is C17H19F2N3O3. The van der Waals surface area contributed by atoms with Crippen LogP contribution in [0.3, 0.4) is 0 Å². The molecule has 8 heteroatoms. The number of hydrogen-bond donors (Lipinski definition) is 2. The van der Waals surface area contributed by atoms with E-state index in [-0.39, 0.29) is 18.4 Å². The maximum atomic E-state index is 12.4. The minimum atomic E-state index is -2.93. The quantitative estimate of drug-likeness (QED) is 0.796. The molecule has 1 aromatic heterocycles. The summed E-state index contributed by atoms with van der Waals surface area (Å²) in [6, 6.07) is 9.04. The largest absolute Gasteiger partial charge is 0.473 e. The van der Waals surface area contributed by atoms with Crippen molar-refractivity contribution in [3.63, 3.8) is 0 Å². The Balaban J connectivity index is 1.98. The van der Waals surface area contributed by atoms with Crippen molar-refractivity contribution in [3.8, 4) is 11.6 Å². The molecule has 1 aromatic carbocycles. The van der Waals surface area contributed by atoms with Crippen molar-refractivity contribution in [3.05, 3.63) is 48.2 Å². The number of nitrogens with one attached hydrogen (secondary N) is 2. The fraction of sp³-hybridized carbons (Fsp3) is 0.294. The van der Waals surface area contributed by atoms with Gasteiger partial charge in [0.15, 0.2) is 0 Å². The Hall–Kier alpha value is -2.90. The summed E-state index contributed by atoms with van der Waals surface area (Å²) in [7, 11) is 0. The van der Waals surface area contributed by atoms with Gasteiger partial charge < -0.3 is 20.1 Å². The number of nitrogens with zero attached hydrogens (tertiary/aromatic N) is 1. The number of hydrogen-bond acceptors (Lipinski definition) is 4. The molecule has 6 nitrogen and oxygen atoms in total. The van der Waals surface area contributed by atoms with E-state index in [0.29, 0.717) is 17.1 Å². The van der Waals surface area contributed by atoms with Crippen LogP contribution in [0, 0.1) is 0 Å². The first-order valence-corrected chi connectivity index (χ1v) is 7.65. The molecule has 0 atom stereocenters. The minimum Gasteiger partial charge on any atom is -0.473 e. The Morgan fingerprint density at radius 2 is 1.92 bits per heavy atom. The number of amides is 2. The van der Waals surface area contributed by atoms with Gasteiger partial charge in [0.1, 0.15) is 11.4 Å². The molecular weight excluding hydrogens is 332 g/mol. The zero-order chi connectivity index (χ0) is 18.2. The summed E-state index contributed by atoms with van der Waals surface area (Å²) < 4.78 is 34.7. The molecule has 1 heterocycles. The number of para-hydroxylation sites is 1. The SMILES string of the molecule is CC(C)Oc1ncccc1NC(=O)NCc1ccccc1OC(F)F. The van der Waals surface area contributed by atoms with Crippen molar-refractivity contribution in [2.45, 2.75) is 33.1 Å². The normalized spacial score (nSPS) is 10.6. The Morgan fingerprint density at radius 3 is 2.64 bits per heavy atom. The standard InChI is InChI=1S/C17H19F2N3O3/c1-11(2)24-15-13(7-5-9-20-15)22-17(23)21-10-12-6-3-4-8-14(12)25-16(18)19/h3-9,11,16H,10H2,1-2H3,(H2,21,22,23). The molecule has 0 unspecified atom stereocenters. The molecule has 0 radical (unpaired) electrons. The van der Waals surface area contributed by atoms with Gasteiger partial charge in [-0.3, -0.25) is 0 Å². The van der Waals surface area contributed by atoms with Gasteiger partial charge in [0.2, 0.25) is 5.88 Å². The van der Waals surface area contributed by atoms with Crippen LogP contribution in [0.1, 0.15) is 19.4 Å². The molecule has 134 valence electrons. The molecule has 0 saturated carbocycles. The number of aromatic nitrogens is 1. The molecule has 0 bridgehead atoms. The fourth-order valence-corrected chi connectivity index (χ4v) is 2.01. The maximum Gasteiger partial charge on any atom is 0.387 e. The van der Waals surface area contributed by atoms with Gasteiger partial charge in [0.25, 0.3) is 0 Å². The number of ether oxygens (including phenoxy) is 2. The van der Waals surface area contributed by atoms with Gasteiger partial charge >= 0.3 is 12.6 Å². The zero-order valence-electron chi connectivity index (χ0n) is 13.8. The molecule has 2 aromatic rings. The third kappa shape index (κ3) is 5.91. The highest BCUT2D eigenvalue weighted by molar-refractivity contribution is 5.90. The van der Waals surface area contributed by atoms with E-state index in [1.165, 1.54) is 6.07 Å². The number of pyridine rings is 1. The lowest BCUT2D eigenvalue weighted by atomic mass is 10.2. The summed E-state index contributed by atoms with van der Waals surface area (Å²) in [5, 5.41) is 5.20. The number of urea groups is 1. The Bertz CT molecular complexity index is 711. The lowest BCUT2D eigenvalue weighted by Crippen LogP contribution is -2.29. The van der Waals surface area contributed by atoms with E-state index in [0.717, 1.165) is 0 Å². The van der Waals surface area contributed by atoms with Crippen LogP contribution in [0.4, 0.5) is 19.3 Å². The Kier molecular flexibility index (Phi) is 6.50. The van der Waals surface area contributed by atoms with E-state index in [1.54, 1.807) is 36.5 Å². The number of halogens is 2. The number of anilines is 1. The molecule has 0 fully saturated rings. The van der Waals surface area contributed by atoms with Gasteiger partial charge in [-0.2, -0.15) is 8.78 Å². The van der Waals surface area contributed by atoms with Gasteiger partial charge in [0.05, 0.1) is 6.10 Å². The molecule has 0 aliphatic heterocycles. The van der Waals surface area contributed by atoms with E-state index in [2.05, 4.69) is 20.4 Å². The second-order valence-corrected chi connectivity index (χ2v) is 5.32. The van der Waals surface area contributed by atoms with Crippen LogP contribution in [0.25, 0.3) is 0 Å². The molecule has 0 aliphatic carbocycles. The zero-order valence-corrected chi connectivity index (χ0v) is 13.8. The van der Waals surface area contributed by atoms with Crippen molar-refractivity contribution in [1.29, 1.82) is 0 Å². The van der Waals surface area contributed by atoms with Crippen molar-refractivity contribution < 1.29 is 23.0 Å². The number of alkyl halides is 2. The molecule has 0 spiro atoms.